The van der Waals surface area contributed by atoms with Crippen LogP contribution in [0.5, 0.6) is 0 Å². The summed E-state index contributed by atoms with van der Waals surface area (Å²) in [6.45, 7) is 7.18. The van der Waals surface area contributed by atoms with Crippen molar-refractivity contribution < 1.29 is 22.7 Å². The molecule has 2 heterocycles. The maximum Gasteiger partial charge on any atom is 0.341 e. The van der Waals surface area contributed by atoms with Crippen molar-refractivity contribution in [1.29, 1.82) is 0 Å². The van der Waals surface area contributed by atoms with Gasteiger partial charge in [-0.25, -0.2) is 13.2 Å². The number of piperidine rings is 1. The van der Waals surface area contributed by atoms with Gasteiger partial charge >= 0.3 is 5.97 Å². The Morgan fingerprint density at radius 1 is 1.09 bits per heavy atom. The first-order valence-electron chi connectivity index (χ1n) is 11.9. The van der Waals surface area contributed by atoms with Crippen LogP contribution in [0.3, 0.4) is 0 Å². The number of hydrogen-bond donors (Lipinski definition) is 1. The Morgan fingerprint density at radius 3 is 2.38 bits per heavy atom. The summed E-state index contributed by atoms with van der Waals surface area (Å²) in [7, 11) is -3.61. The highest BCUT2D eigenvalue weighted by atomic mass is 32.2. The number of aryl methyl sites for hydroxylation is 1. The highest BCUT2D eigenvalue weighted by molar-refractivity contribution is 7.89. The molecule has 1 aliphatic carbocycles. The molecule has 1 aromatic heterocycles. The third kappa shape index (κ3) is 5.06. The zero-order valence-electron chi connectivity index (χ0n) is 19.9. The largest absolute Gasteiger partial charge is 0.462 e. The number of nitrogens with one attached hydrogen (secondary N) is 1. The van der Waals surface area contributed by atoms with Crippen molar-refractivity contribution in [2.75, 3.05) is 25.0 Å². The fourth-order valence-corrected chi connectivity index (χ4v) is 7.93. The molecule has 1 amide bonds. The van der Waals surface area contributed by atoms with Gasteiger partial charge in [0.1, 0.15) is 5.00 Å². The lowest BCUT2D eigenvalue weighted by Crippen LogP contribution is -2.42. The average Bonchev–Trinajstić information content (AvgIpc) is 3.16. The zero-order chi connectivity index (χ0) is 24.5. The fourth-order valence-electron chi connectivity index (χ4n) is 4.98. The van der Waals surface area contributed by atoms with Crippen LogP contribution in [0, 0.1) is 11.8 Å². The standard InChI is InChI=1S/C25H32N2O5S2/c1-4-32-25(29)22-20-7-5-6-8-21(20)33-24(22)26-23(28)18-9-11-19(12-10-18)34(30,31)27-14-16(2)13-17(3)15-27/h9-12,16-17H,4-8,13-15H2,1-3H3,(H,26,28)/t16-,17-/m0/s1. The summed E-state index contributed by atoms with van der Waals surface area (Å²) in [6, 6.07) is 6.02. The number of sulfonamides is 1. The second kappa shape index (κ2) is 10.2. The third-order valence-electron chi connectivity index (χ3n) is 6.47. The molecule has 7 nitrogen and oxygen atoms in total. The number of ether oxygens (including phenoxy) is 1. The van der Waals surface area contributed by atoms with Gasteiger partial charge in [-0.3, -0.25) is 4.79 Å². The van der Waals surface area contributed by atoms with Crippen LogP contribution in [0.2, 0.25) is 0 Å². The first-order chi connectivity index (χ1) is 16.2. The van der Waals surface area contributed by atoms with Crippen LogP contribution in [-0.2, 0) is 27.6 Å². The number of amides is 1. The first kappa shape index (κ1) is 24.9. The lowest BCUT2D eigenvalue weighted by atomic mass is 9.94. The summed E-state index contributed by atoms with van der Waals surface area (Å²) >= 11 is 1.43. The maximum atomic E-state index is 13.1. The predicted molar refractivity (Wildman–Crippen MR) is 133 cm³/mol. The van der Waals surface area contributed by atoms with E-state index in [2.05, 4.69) is 19.2 Å². The molecule has 34 heavy (non-hydrogen) atoms. The van der Waals surface area contributed by atoms with E-state index in [9.17, 15) is 18.0 Å². The molecule has 2 aromatic rings. The number of thiophene rings is 1. The van der Waals surface area contributed by atoms with Gasteiger partial charge in [-0.15, -0.1) is 11.3 Å². The van der Waals surface area contributed by atoms with Crippen molar-refractivity contribution in [3.63, 3.8) is 0 Å². The van der Waals surface area contributed by atoms with E-state index in [-0.39, 0.29) is 17.4 Å². The molecule has 1 aliphatic heterocycles. The molecule has 184 valence electrons. The Labute approximate surface area is 205 Å². The number of rotatable bonds is 6. The van der Waals surface area contributed by atoms with E-state index in [4.69, 9.17) is 4.74 Å². The molecule has 9 heteroatoms. The molecule has 1 N–H and O–H groups in total. The summed E-state index contributed by atoms with van der Waals surface area (Å²) in [5.74, 6) is -0.167. The van der Waals surface area contributed by atoms with Gasteiger partial charge in [-0.1, -0.05) is 13.8 Å². The number of anilines is 1. The van der Waals surface area contributed by atoms with Crippen molar-refractivity contribution >= 4 is 38.2 Å². The lowest BCUT2D eigenvalue weighted by Gasteiger charge is -2.34. The third-order valence-corrected chi connectivity index (χ3v) is 9.52. The smallest absolute Gasteiger partial charge is 0.341 e. The maximum absolute atomic E-state index is 13.1. The number of esters is 1. The van der Waals surface area contributed by atoms with Crippen LogP contribution in [0.4, 0.5) is 5.00 Å². The van der Waals surface area contributed by atoms with Gasteiger partial charge in [-0.05, 0) is 80.7 Å². The van der Waals surface area contributed by atoms with E-state index >= 15 is 0 Å². The summed E-state index contributed by atoms with van der Waals surface area (Å²) < 4.78 is 33.0. The van der Waals surface area contributed by atoms with Crippen LogP contribution >= 0.6 is 11.3 Å². The second-order valence-electron chi connectivity index (χ2n) is 9.38. The van der Waals surface area contributed by atoms with Gasteiger partial charge in [0, 0.05) is 23.5 Å². The highest BCUT2D eigenvalue weighted by Crippen LogP contribution is 2.39. The van der Waals surface area contributed by atoms with Crippen LogP contribution in [-0.4, -0.2) is 44.3 Å². The van der Waals surface area contributed by atoms with Crippen LogP contribution in [0.15, 0.2) is 29.2 Å². The van der Waals surface area contributed by atoms with E-state index in [0.717, 1.165) is 42.5 Å². The molecule has 0 spiro atoms. The zero-order valence-corrected chi connectivity index (χ0v) is 21.6. The summed E-state index contributed by atoms with van der Waals surface area (Å²) in [4.78, 5) is 26.9. The fraction of sp³-hybridized carbons (Fsp3) is 0.520. The Hall–Kier alpha value is -2.23. The minimum Gasteiger partial charge on any atom is -0.462 e. The lowest BCUT2D eigenvalue weighted by molar-refractivity contribution is 0.0526. The summed E-state index contributed by atoms with van der Waals surface area (Å²) in [6.07, 6.45) is 4.78. The van der Waals surface area contributed by atoms with Crippen LogP contribution in [0.25, 0.3) is 0 Å². The van der Waals surface area contributed by atoms with Gasteiger partial charge in [0.2, 0.25) is 10.0 Å². The van der Waals surface area contributed by atoms with E-state index in [1.165, 1.54) is 35.6 Å². The Morgan fingerprint density at radius 2 is 1.74 bits per heavy atom. The van der Waals surface area contributed by atoms with E-state index in [1.807, 2.05) is 0 Å². The van der Waals surface area contributed by atoms with E-state index in [1.54, 1.807) is 11.2 Å². The number of nitrogens with zero attached hydrogens (tertiary/aromatic N) is 1. The molecule has 0 unspecified atom stereocenters. The number of carbonyl (C=O) groups excluding carboxylic acids is 2. The van der Waals surface area contributed by atoms with Crippen LogP contribution < -0.4 is 5.32 Å². The molecule has 1 aromatic carbocycles. The molecule has 0 saturated carbocycles. The Balaban J connectivity index is 1.54. The minimum atomic E-state index is -3.61. The number of carbonyl (C=O) groups is 2. The van der Waals surface area contributed by atoms with Crippen molar-refractivity contribution in [3.05, 3.63) is 45.8 Å². The molecular weight excluding hydrogens is 472 g/mol. The minimum absolute atomic E-state index is 0.184. The Bertz CT molecular complexity index is 1160. The van der Waals surface area contributed by atoms with Gasteiger partial charge in [-0.2, -0.15) is 4.31 Å². The van der Waals surface area contributed by atoms with Gasteiger partial charge in [0.05, 0.1) is 17.1 Å². The molecular formula is C25H32N2O5S2. The van der Waals surface area contributed by atoms with Crippen molar-refractivity contribution in [1.82, 2.24) is 4.31 Å². The topological polar surface area (TPSA) is 92.8 Å². The summed E-state index contributed by atoms with van der Waals surface area (Å²) in [5, 5.41) is 3.38. The Kier molecular flexibility index (Phi) is 7.45. The number of hydrogen-bond acceptors (Lipinski definition) is 6. The normalized spacial score (nSPS) is 21.0. The quantitative estimate of drug-likeness (QED) is 0.575. The van der Waals surface area contributed by atoms with E-state index < -0.39 is 16.0 Å². The first-order valence-corrected chi connectivity index (χ1v) is 14.2. The molecule has 1 saturated heterocycles. The number of benzene rings is 1. The van der Waals surface area contributed by atoms with Crippen molar-refractivity contribution in [2.24, 2.45) is 11.8 Å². The molecule has 2 aliphatic rings. The molecule has 4 rings (SSSR count). The second-order valence-corrected chi connectivity index (χ2v) is 12.4. The SMILES string of the molecule is CCOC(=O)c1c(NC(=O)c2ccc(S(=O)(=O)N3C[C@@H](C)C[C@H](C)C3)cc2)sc2c1CCCC2. The summed E-state index contributed by atoms with van der Waals surface area (Å²) in [5.41, 5.74) is 1.78. The monoisotopic (exact) mass is 504 g/mol. The highest BCUT2D eigenvalue weighted by Gasteiger charge is 2.32. The van der Waals surface area contributed by atoms with Gasteiger partial charge in [0.15, 0.2) is 0 Å². The molecule has 2 atom stereocenters. The van der Waals surface area contributed by atoms with Gasteiger partial charge in [0.25, 0.3) is 5.91 Å². The van der Waals surface area contributed by atoms with Crippen molar-refractivity contribution in [3.8, 4) is 0 Å². The molecule has 1 fully saturated rings. The van der Waals surface area contributed by atoms with Crippen molar-refractivity contribution in [2.45, 2.75) is 57.8 Å². The van der Waals surface area contributed by atoms with Gasteiger partial charge < -0.3 is 10.1 Å². The molecule has 0 radical (unpaired) electrons. The van der Waals surface area contributed by atoms with E-state index in [0.29, 0.717) is 41.1 Å². The number of fused-ring (bicyclic) bond motifs is 1. The predicted octanol–water partition coefficient (Wildman–Crippen LogP) is 4.72. The molecule has 0 bridgehead atoms. The average molecular weight is 505 g/mol. The van der Waals surface area contributed by atoms with Crippen LogP contribution in [0.1, 0.15) is 71.2 Å².